The smallest absolute Gasteiger partial charge is 0.244 e. The molecule has 0 aliphatic rings. The van der Waals surface area contributed by atoms with Crippen LogP contribution in [0.3, 0.4) is 0 Å². The van der Waals surface area contributed by atoms with Gasteiger partial charge in [0.15, 0.2) is 0 Å². The summed E-state index contributed by atoms with van der Waals surface area (Å²) < 4.78 is 0. The number of nitriles is 1. The van der Waals surface area contributed by atoms with Crippen molar-refractivity contribution in [1.29, 1.82) is 5.26 Å². The molecule has 0 bridgehead atoms. The summed E-state index contributed by atoms with van der Waals surface area (Å²) in [5.74, 6) is 1.42. The molecule has 0 atom stereocenters. The highest BCUT2D eigenvalue weighted by Gasteiger charge is 2.01. The molecule has 122 valence electrons. The number of nitrogens with one attached hydrogen (secondary N) is 1. The number of amides is 1. The van der Waals surface area contributed by atoms with Crippen LogP contribution in [0.1, 0.15) is 16.7 Å². The fourth-order valence-corrected chi connectivity index (χ4v) is 3.09. The third-order valence-electron chi connectivity index (χ3n) is 3.22. The van der Waals surface area contributed by atoms with Crippen LogP contribution >= 0.6 is 23.4 Å². The molecule has 2 aromatic carbocycles. The van der Waals surface area contributed by atoms with Crippen molar-refractivity contribution in [3.05, 3.63) is 76.3 Å². The van der Waals surface area contributed by atoms with E-state index >= 15 is 0 Å². The molecule has 0 unspecified atom stereocenters. The topological polar surface area (TPSA) is 52.9 Å². The molecular formula is C19H17ClN2OS. The summed E-state index contributed by atoms with van der Waals surface area (Å²) >= 11 is 7.58. The van der Waals surface area contributed by atoms with Gasteiger partial charge in [-0.05, 0) is 35.4 Å². The Morgan fingerprint density at radius 1 is 1.25 bits per heavy atom. The third kappa shape index (κ3) is 6.11. The van der Waals surface area contributed by atoms with Crippen LogP contribution in [-0.4, -0.2) is 18.2 Å². The molecule has 0 radical (unpaired) electrons. The molecule has 0 heterocycles. The first-order valence-corrected chi connectivity index (χ1v) is 8.99. The molecule has 0 saturated carbocycles. The third-order valence-corrected chi connectivity index (χ3v) is 4.46. The summed E-state index contributed by atoms with van der Waals surface area (Å²) in [5.41, 5.74) is 2.62. The first-order valence-electron chi connectivity index (χ1n) is 7.46. The van der Waals surface area contributed by atoms with Gasteiger partial charge >= 0.3 is 0 Å². The fraction of sp³-hybridized carbons (Fsp3) is 0.158. The maximum Gasteiger partial charge on any atom is 0.244 e. The fourth-order valence-electron chi connectivity index (χ4n) is 2.02. The number of halogens is 1. The summed E-state index contributed by atoms with van der Waals surface area (Å²) in [6.07, 6.45) is 3.23. The van der Waals surface area contributed by atoms with Crippen LogP contribution in [0.25, 0.3) is 6.08 Å². The van der Waals surface area contributed by atoms with Crippen molar-refractivity contribution in [2.75, 3.05) is 12.3 Å². The molecule has 0 saturated heterocycles. The predicted octanol–water partition coefficient (Wildman–Crippen LogP) is 4.27. The highest BCUT2D eigenvalue weighted by molar-refractivity contribution is 7.98. The number of rotatable bonds is 7. The summed E-state index contributed by atoms with van der Waals surface area (Å²) in [6, 6.07) is 17.1. The van der Waals surface area contributed by atoms with Gasteiger partial charge in [-0.15, -0.1) is 0 Å². The van der Waals surface area contributed by atoms with Crippen molar-refractivity contribution >= 4 is 35.3 Å². The van der Waals surface area contributed by atoms with Gasteiger partial charge in [-0.3, -0.25) is 4.79 Å². The molecule has 2 aromatic rings. The Morgan fingerprint density at radius 2 is 2.08 bits per heavy atom. The Hall–Kier alpha value is -2.22. The van der Waals surface area contributed by atoms with Gasteiger partial charge in [-0.1, -0.05) is 41.9 Å². The van der Waals surface area contributed by atoms with E-state index in [-0.39, 0.29) is 5.91 Å². The SMILES string of the molecule is N#Cc1ccccc1CSCCNC(=O)/C=C/c1cccc(Cl)c1. The molecule has 0 fully saturated rings. The lowest BCUT2D eigenvalue weighted by atomic mass is 10.1. The monoisotopic (exact) mass is 356 g/mol. The first kappa shape index (κ1) is 18.1. The van der Waals surface area contributed by atoms with Gasteiger partial charge in [-0.25, -0.2) is 0 Å². The van der Waals surface area contributed by atoms with Crippen molar-refractivity contribution < 1.29 is 4.79 Å². The van der Waals surface area contributed by atoms with Crippen LogP contribution in [0, 0.1) is 11.3 Å². The first-order chi connectivity index (χ1) is 11.7. The maximum absolute atomic E-state index is 11.8. The average Bonchev–Trinajstić information content (AvgIpc) is 2.60. The van der Waals surface area contributed by atoms with E-state index in [1.807, 2.05) is 36.4 Å². The Morgan fingerprint density at radius 3 is 2.88 bits per heavy atom. The average molecular weight is 357 g/mol. The lowest BCUT2D eigenvalue weighted by molar-refractivity contribution is -0.116. The summed E-state index contributed by atoms with van der Waals surface area (Å²) in [4.78, 5) is 11.8. The van der Waals surface area contributed by atoms with Crippen molar-refractivity contribution in [3.8, 4) is 6.07 Å². The van der Waals surface area contributed by atoms with E-state index in [2.05, 4.69) is 11.4 Å². The highest BCUT2D eigenvalue weighted by atomic mass is 35.5. The van der Waals surface area contributed by atoms with Gasteiger partial charge in [0, 0.05) is 29.1 Å². The molecule has 1 amide bonds. The van der Waals surface area contributed by atoms with Gasteiger partial charge in [-0.2, -0.15) is 17.0 Å². The van der Waals surface area contributed by atoms with Crippen LogP contribution in [0.15, 0.2) is 54.6 Å². The van der Waals surface area contributed by atoms with E-state index in [9.17, 15) is 4.79 Å². The van der Waals surface area contributed by atoms with Gasteiger partial charge < -0.3 is 5.32 Å². The standard InChI is InChI=1S/C19H17ClN2OS/c20-18-7-3-4-15(12-18)8-9-19(23)22-10-11-24-14-17-6-2-1-5-16(17)13-21/h1-9,12H,10-11,14H2,(H,22,23)/b9-8+. The minimum absolute atomic E-state index is 0.131. The van der Waals surface area contributed by atoms with Gasteiger partial charge in [0.2, 0.25) is 5.91 Å². The molecule has 0 aromatic heterocycles. The second-order valence-corrected chi connectivity index (χ2v) is 6.54. The van der Waals surface area contributed by atoms with Crippen LogP contribution in [-0.2, 0) is 10.5 Å². The number of nitrogens with zero attached hydrogens (tertiary/aromatic N) is 1. The van der Waals surface area contributed by atoms with E-state index in [1.54, 1.807) is 30.0 Å². The molecule has 2 rings (SSSR count). The lowest BCUT2D eigenvalue weighted by Gasteiger charge is -2.04. The minimum Gasteiger partial charge on any atom is -0.352 e. The van der Waals surface area contributed by atoms with E-state index in [0.29, 0.717) is 17.1 Å². The number of carbonyl (C=O) groups excluding carboxylic acids is 1. The molecule has 0 aliphatic carbocycles. The lowest BCUT2D eigenvalue weighted by Crippen LogP contribution is -2.23. The zero-order valence-electron chi connectivity index (χ0n) is 13.0. The molecule has 3 nitrogen and oxygen atoms in total. The second kappa shape index (κ2) is 9.82. The molecule has 5 heteroatoms. The predicted molar refractivity (Wildman–Crippen MR) is 101 cm³/mol. The van der Waals surface area contributed by atoms with Gasteiger partial charge in [0.05, 0.1) is 11.6 Å². The van der Waals surface area contributed by atoms with E-state index in [1.165, 1.54) is 6.08 Å². The Balaban J connectivity index is 1.69. The molecular weight excluding hydrogens is 340 g/mol. The summed E-state index contributed by atoms with van der Waals surface area (Å²) in [6.45, 7) is 0.581. The number of benzene rings is 2. The zero-order valence-corrected chi connectivity index (χ0v) is 14.6. The number of thioether (sulfide) groups is 1. The number of hydrogen-bond acceptors (Lipinski definition) is 3. The molecule has 0 aliphatic heterocycles. The van der Waals surface area contributed by atoms with Crippen molar-refractivity contribution in [2.24, 2.45) is 0 Å². The Labute approximate surface area is 151 Å². The Bertz CT molecular complexity index is 768. The summed E-state index contributed by atoms with van der Waals surface area (Å²) in [7, 11) is 0. The molecule has 24 heavy (non-hydrogen) atoms. The number of carbonyl (C=O) groups is 1. The van der Waals surface area contributed by atoms with Crippen LogP contribution in [0.4, 0.5) is 0 Å². The van der Waals surface area contributed by atoms with Crippen LogP contribution in [0.2, 0.25) is 5.02 Å². The van der Waals surface area contributed by atoms with Gasteiger partial charge in [0.1, 0.15) is 0 Å². The van der Waals surface area contributed by atoms with Crippen LogP contribution in [0.5, 0.6) is 0 Å². The van der Waals surface area contributed by atoms with Crippen molar-refractivity contribution in [2.45, 2.75) is 5.75 Å². The molecule has 1 N–H and O–H groups in total. The maximum atomic E-state index is 11.8. The largest absolute Gasteiger partial charge is 0.352 e. The quantitative estimate of drug-likeness (QED) is 0.595. The van der Waals surface area contributed by atoms with E-state index in [0.717, 1.165) is 22.6 Å². The highest BCUT2D eigenvalue weighted by Crippen LogP contribution is 2.15. The van der Waals surface area contributed by atoms with Crippen molar-refractivity contribution in [3.63, 3.8) is 0 Å². The van der Waals surface area contributed by atoms with Crippen molar-refractivity contribution in [1.82, 2.24) is 5.32 Å². The zero-order chi connectivity index (χ0) is 17.2. The van der Waals surface area contributed by atoms with E-state index in [4.69, 9.17) is 16.9 Å². The normalized spacial score (nSPS) is 10.5. The Kier molecular flexibility index (Phi) is 7.41. The van der Waals surface area contributed by atoms with E-state index < -0.39 is 0 Å². The summed E-state index contributed by atoms with van der Waals surface area (Å²) in [5, 5.41) is 12.5. The number of hydrogen-bond donors (Lipinski definition) is 1. The van der Waals surface area contributed by atoms with Crippen LogP contribution < -0.4 is 5.32 Å². The minimum atomic E-state index is -0.131. The second-order valence-electron chi connectivity index (χ2n) is 5.00. The van der Waals surface area contributed by atoms with Gasteiger partial charge in [0.25, 0.3) is 0 Å². The molecule has 0 spiro atoms.